The van der Waals surface area contributed by atoms with E-state index in [1.54, 1.807) is 0 Å². The Kier molecular flexibility index (Phi) is 5.82. The van der Waals surface area contributed by atoms with Gasteiger partial charge in [0.05, 0.1) is 17.0 Å². The third-order valence-electron chi connectivity index (χ3n) is 4.98. The molecule has 11 heteroatoms. The van der Waals surface area contributed by atoms with Gasteiger partial charge in [-0.2, -0.15) is 17.5 Å². The van der Waals surface area contributed by atoms with Crippen molar-refractivity contribution in [3.8, 4) is 11.5 Å². The molecule has 1 fully saturated rings. The van der Waals surface area contributed by atoms with Crippen molar-refractivity contribution in [1.82, 2.24) is 19.4 Å². The van der Waals surface area contributed by atoms with E-state index in [4.69, 9.17) is 4.42 Å². The van der Waals surface area contributed by atoms with Gasteiger partial charge in [0.15, 0.2) is 0 Å². The number of halogens is 3. The van der Waals surface area contributed by atoms with E-state index in [0.29, 0.717) is 37.5 Å². The Hall–Kier alpha value is -2.76. The van der Waals surface area contributed by atoms with Crippen LogP contribution >= 0.6 is 0 Å². The van der Waals surface area contributed by atoms with E-state index in [0.717, 1.165) is 17.7 Å². The number of sulfonamides is 1. The first kappa shape index (κ1) is 21.5. The SMILES string of the molecule is O=S(=O)(c1cccc(C(F)(F)F)c1)N1CCN(Cc2nnc(-c3ccccc3)o2)CC1. The van der Waals surface area contributed by atoms with E-state index in [1.165, 1.54) is 10.4 Å². The van der Waals surface area contributed by atoms with E-state index in [-0.39, 0.29) is 18.0 Å². The van der Waals surface area contributed by atoms with Gasteiger partial charge in [0.1, 0.15) is 0 Å². The summed E-state index contributed by atoms with van der Waals surface area (Å²) < 4.78 is 71.3. The number of aromatic nitrogens is 2. The van der Waals surface area contributed by atoms with E-state index in [2.05, 4.69) is 10.2 Å². The van der Waals surface area contributed by atoms with Crippen LogP contribution in [0.1, 0.15) is 11.5 Å². The van der Waals surface area contributed by atoms with Gasteiger partial charge in [-0.05, 0) is 30.3 Å². The summed E-state index contributed by atoms with van der Waals surface area (Å²) in [6.45, 7) is 1.44. The zero-order valence-corrected chi connectivity index (χ0v) is 17.1. The van der Waals surface area contributed by atoms with Crippen molar-refractivity contribution in [1.29, 1.82) is 0 Å². The van der Waals surface area contributed by atoms with Crippen molar-refractivity contribution in [3.05, 3.63) is 66.1 Å². The van der Waals surface area contributed by atoms with Gasteiger partial charge in [0.25, 0.3) is 0 Å². The van der Waals surface area contributed by atoms with Crippen LogP contribution in [0.25, 0.3) is 11.5 Å². The number of hydrogen-bond donors (Lipinski definition) is 0. The van der Waals surface area contributed by atoms with Crippen molar-refractivity contribution in [2.45, 2.75) is 17.6 Å². The maximum absolute atomic E-state index is 12.9. The molecule has 0 radical (unpaired) electrons. The summed E-state index contributed by atoms with van der Waals surface area (Å²) in [4.78, 5) is 1.60. The lowest BCUT2D eigenvalue weighted by Crippen LogP contribution is -2.48. The molecule has 2 aromatic carbocycles. The molecule has 31 heavy (non-hydrogen) atoms. The Morgan fingerprint density at radius 3 is 2.32 bits per heavy atom. The normalized spacial score (nSPS) is 16.5. The molecular formula is C20H19F3N4O3S. The summed E-state index contributed by atoms with van der Waals surface area (Å²) in [5.41, 5.74) is -0.184. The predicted molar refractivity (Wildman–Crippen MR) is 105 cm³/mol. The monoisotopic (exact) mass is 452 g/mol. The highest BCUT2D eigenvalue weighted by Crippen LogP contribution is 2.31. The first-order valence-corrected chi connectivity index (χ1v) is 10.9. The maximum Gasteiger partial charge on any atom is 0.416 e. The molecular weight excluding hydrogens is 433 g/mol. The molecule has 0 aliphatic carbocycles. The molecule has 3 aromatic rings. The number of rotatable bonds is 5. The second kappa shape index (κ2) is 8.40. The predicted octanol–water partition coefficient (Wildman–Crippen LogP) is 3.26. The summed E-state index contributed by atoms with van der Waals surface area (Å²) in [6, 6.07) is 13.1. The Morgan fingerprint density at radius 2 is 1.65 bits per heavy atom. The van der Waals surface area contributed by atoms with Crippen LogP contribution < -0.4 is 0 Å². The fraction of sp³-hybridized carbons (Fsp3) is 0.300. The van der Waals surface area contributed by atoms with Gasteiger partial charge in [-0.25, -0.2) is 8.42 Å². The van der Waals surface area contributed by atoms with E-state index in [9.17, 15) is 21.6 Å². The van der Waals surface area contributed by atoms with E-state index in [1.807, 2.05) is 35.2 Å². The highest BCUT2D eigenvalue weighted by molar-refractivity contribution is 7.89. The van der Waals surface area contributed by atoms with Crippen molar-refractivity contribution in [3.63, 3.8) is 0 Å². The van der Waals surface area contributed by atoms with Crippen LogP contribution in [0.2, 0.25) is 0 Å². The molecule has 0 spiro atoms. The van der Waals surface area contributed by atoms with Gasteiger partial charge in [0.2, 0.25) is 21.8 Å². The summed E-state index contributed by atoms with van der Waals surface area (Å²) in [5.74, 6) is 0.814. The molecule has 1 aromatic heterocycles. The Labute approximate surface area is 177 Å². The minimum atomic E-state index is -4.60. The topological polar surface area (TPSA) is 79.5 Å². The van der Waals surface area contributed by atoms with Crippen LogP contribution in [0.15, 0.2) is 63.9 Å². The van der Waals surface area contributed by atoms with Gasteiger partial charge < -0.3 is 4.42 Å². The summed E-state index contributed by atoms with van der Waals surface area (Å²) in [7, 11) is -4.02. The van der Waals surface area contributed by atoms with Crippen molar-refractivity contribution >= 4 is 10.0 Å². The second-order valence-corrected chi connectivity index (χ2v) is 9.01. The summed E-state index contributed by atoms with van der Waals surface area (Å²) in [6.07, 6.45) is -4.60. The quantitative estimate of drug-likeness (QED) is 0.591. The van der Waals surface area contributed by atoms with E-state index >= 15 is 0 Å². The standard InChI is InChI=1S/C20H19F3N4O3S/c21-20(22,23)16-7-4-8-17(13-16)31(28,29)27-11-9-26(10-12-27)14-18-24-25-19(30-18)15-5-2-1-3-6-15/h1-8,13H,9-12,14H2. The molecule has 0 bridgehead atoms. The molecule has 4 rings (SSSR count). The van der Waals surface area contributed by atoms with Gasteiger partial charge in [-0.15, -0.1) is 10.2 Å². The van der Waals surface area contributed by atoms with Crippen LogP contribution in [0.3, 0.4) is 0 Å². The molecule has 0 unspecified atom stereocenters. The van der Waals surface area contributed by atoms with Gasteiger partial charge in [0, 0.05) is 31.7 Å². The lowest BCUT2D eigenvalue weighted by molar-refractivity contribution is -0.137. The first-order valence-electron chi connectivity index (χ1n) is 9.51. The summed E-state index contributed by atoms with van der Waals surface area (Å²) in [5, 5.41) is 8.07. The molecule has 0 saturated carbocycles. The second-order valence-electron chi connectivity index (χ2n) is 7.07. The van der Waals surface area contributed by atoms with Gasteiger partial charge >= 0.3 is 6.18 Å². The zero-order valence-electron chi connectivity index (χ0n) is 16.3. The molecule has 1 aliphatic rings. The Morgan fingerprint density at radius 1 is 0.935 bits per heavy atom. The third-order valence-corrected chi connectivity index (χ3v) is 6.87. The maximum atomic E-state index is 12.9. The van der Waals surface area contributed by atoms with Crippen LogP contribution in [-0.2, 0) is 22.7 Å². The van der Waals surface area contributed by atoms with Crippen LogP contribution in [0.5, 0.6) is 0 Å². The summed E-state index contributed by atoms with van der Waals surface area (Å²) >= 11 is 0. The molecule has 164 valence electrons. The first-order chi connectivity index (χ1) is 14.7. The van der Waals surface area contributed by atoms with Gasteiger partial charge in [-0.3, -0.25) is 4.90 Å². The molecule has 1 saturated heterocycles. The van der Waals surface area contributed by atoms with Crippen LogP contribution in [0, 0.1) is 0 Å². The Balaban J connectivity index is 1.39. The molecule has 7 nitrogen and oxygen atoms in total. The molecule has 1 aliphatic heterocycles. The molecule has 0 atom stereocenters. The van der Waals surface area contributed by atoms with Crippen LogP contribution in [-0.4, -0.2) is 54.0 Å². The van der Waals surface area contributed by atoms with E-state index < -0.39 is 21.8 Å². The lowest BCUT2D eigenvalue weighted by atomic mass is 10.2. The lowest BCUT2D eigenvalue weighted by Gasteiger charge is -2.33. The Bertz CT molecular complexity index is 1140. The fourth-order valence-electron chi connectivity index (χ4n) is 3.32. The largest absolute Gasteiger partial charge is 0.419 e. The van der Waals surface area contributed by atoms with Gasteiger partial charge in [-0.1, -0.05) is 24.3 Å². The molecule has 0 amide bonds. The molecule has 2 heterocycles. The highest BCUT2D eigenvalue weighted by atomic mass is 32.2. The van der Waals surface area contributed by atoms with Crippen molar-refractivity contribution < 1.29 is 26.0 Å². The number of alkyl halides is 3. The number of piperazine rings is 1. The number of nitrogens with zero attached hydrogens (tertiary/aromatic N) is 4. The number of benzene rings is 2. The minimum absolute atomic E-state index is 0.151. The van der Waals surface area contributed by atoms with Crippen molar-refractivity contribution in [2.24, 2.45) is 0 Å². The van der Waals surface area contributed by atoms with Crippen LogP contribution in [0.4, 0.5) is 13.2 Å². The number of hydrogen-bond acceptors (Lipinski definition) is 6. The average Bonchev–Trinajstić information content (AvgIpc) is 3.23. The fourth-order valence-corrected chi connectivity index (χ4v) is 4.78. The highest BCUT2D eigenvalue weighted by Gasteiger charge is 2.34. The minimum Gasteiger partial charge on any atom is -0.419 e. The zero-order chi connectivity index (χ0) is 22.1. The molecule has 0 N–H and O–H groups in total. The smallest absolute Gasteiger partial charge is 0.416 e. The average molecular weight is 452 g/mol. The van der Waals surface area contributed by atoms with Crippen molar-refractivity contribution in [2.75, 3.05) is 26.2 Å². The third kappa shape index (κ3) is 4.78.